The molecule has 24 heavy (non-hydrogen) atoms. The number of hydrogen-bond donors (Lipinski definition) is 2. The molecule has 1 fully saturated rings. The Balaban J connectivity index is 1.64. The van der Waals surface area contributed by atoms with E-state index in [-0.39, 0.29) is 5.91 Å². The van der Waals surface area contributed by atoms with Crippen molar-refractivity contribution in [3.05, 3.63) is 35.9 Å². The van der Waals surface area contributed by atoms with Gasteiger partial charge in [-0.15, -0.1) is 0 Å². The van der Waals surface area contributed by atoms with E-state index in [9.17, 15) is 4.79 Å². The summed E-state index contributed by atoms with van der Waals surface area (Å²) in [6.07, 6.45) is 7.06. The maximum absolute atomic E-state index is 12.0. The second-order valence-electron chi connectivity index (χ2n) is 6.92. The van der Waals surface area contributed by atoms with Crippen molar-refractivity contribution >= 4 is 5.91 Å². The van der Waals surface area contributed by atoms with Gasteiger partial charge in [-0.1, -0.05) is 43.2 Å². The highest BCUT2D eigenvalue weighted by Gasteiger charge is 2.24. The van der Waals surface area contributed by atoms with Gasteiger partial charge in [0.15, 0.2) is 0 Å². The Morgan fingerprint density at radius 3 is 2.50 bits per heavy atom. The molecule has 0 aromatic heterocycles. The Kier molecular flexibility index (Phi) is 8.26. The van der Waals surface area contributed by atoms with Crippen LogP contribution in [0.25, 0.3) is 0 Å². The molecule has 1 aromatic carbocycles. The fourth-order valence-electron chi connectivity index (χ4n) is 3.46. The molecule has 0 radical (unpaired) electrons. The second kappa shape index (κ2) is 10.5. The van der Waals surface area contributed by atoms with Crippen molar-refractivity contribution in [2.75, 3.05) is 19.6 Å². The molecule has 1 heterocycles. The van der Waals surface area contributed by atoms with Gasteiger partial charge in [0.25, 0.3) is 0 Å². The Morgan fingerprint density at radius 1 is 1.17 bits per heavy atom. The number of nitrogens with zero attached hydrogens (tertiary/aromatic N) is 1. The summed E-state index contributed by atoms with van der Waals surface area (Å²) in [7, 11) is 0. The summed E-state index contributed by atoms with van der Waals surface area (Å²) in [5, 5.41) is 3.22. The average molecular weight is 332 g/mol. The summed E-state index contributed by atoms with van der Waals surface area (Å²) in [5.41, 5.74) is 6.85. The number of likely N-dealkylation sites (tertiary alicyclic amines) is 1. The first-order valence-corrected chi connectivity index (χ1v) is 9.49. The van der Waals surface area contributed by atoms with Crippen molar-refractivity contribution in [1.29, 1.82) is 0 Å². The maximum Gasteiger partial charge on any atom is 0.220 e. The minimum Gasteiger partial charge on any atom is -0.353 e. The van der Waals surface area contributed by atoms with Gasteiger partial charge in [0, 0.05) is 31.6 Å². The Bertz CT molecular complexity index is 469. The van der Waals surface area contributed by atoms with Crippen LogP contribution in [0.15, 0.2) is 30.3 Å². The molecule has 1 aromatic rings. The maximum atomic E-state index is 12.0. The van der Waals surface area contributed by atoms with E-state index in [1.807, 2.05) is 0 Å². The molecule has 1 unspecified atom stereocenters. The molecule has 3 N–H and O–H groups in total. The number of piperidine rings is 1. The molecule has 1 aliphatic heterocycles. The van der Waals surface area contributed by atoms with E-state index in [4.69, 9.17) is 5.73 Å². The van der Waals surface area contributed by atoms with E-state index >= 15 is 0 Å². The highest BCUT2D eigenvalue weighted by molar-refractivity contribution is 5.76. The van der Waals surface area contributed by atoms with Crippen molar-refractivity contribution in [2.45, 2.75) is 64.0 Å². The molecule has 1 aliphatic rings. The van der Waals surface area contributed by atoms with Gasteiger partial charge in [0.2, 0.25) is 5.91 Å². The van der Waals surface area contributed by atoms with Gasteiger partial charge in [0.1, 0.15) is 0 Å². The SMILES string of the molecule is CC(c1ccccc1)N1CCC(NC(=O)CCCCCCN)CC1. The number of nitrogens with one attached hydrogen (secondary N) is 1. The molecule has 4 nitrogen and oxygen atoms in total. The van der Waals surface area contributed by atoms with Gasteiger partial charge < -0.3 is 11.1 Å². The Morgan fingerprint density at radius 2 is 1.83 bits per heavy atom. The lowest BCUT2D eigenvalue weighted by molar-refractivity contribution is -0.122. The fraction of sp³-hybridized carbons (Fsp3) is 0.650. The normalized spacial score (nSPS) is 17.6. The lowest BCUT2D eigenvalue weighted by Gasteiger charge is -2.36. The third kappa shape index (κ3) is 6.25. The number of amides is 1. The zero-order valence-corrected chi connectivity index (χ0v) is 15.0. The molecule has 0 bridgehead atoms. The lowest BCUT2D eigenvalue weighted by Crippen LogP contribution is -2.45. The second-order valence-corrected chi connectivity index (χ2v) is 6.92. The van der Waals surface area contributed by atoms with E-state index in [0.29, 0.717) is 18.5 Å². The van der Waals surface area contributed by atoms with Crippen LogP contribution in [0.2, 0.25) is 0 Å². The predicted octanol–water partition coefficient (Wildman–Crippen LogP) is 3.24. The van der Waals surface area contributed by atoms with Gasteiger partial charge in [-0.3, -0.25) is 9.69 Å². The monoisotopic (exact) mass is 331 g/mol. The van der Waals surface area contributed by atoms with Crippen LogP contribution in [0.3, 0.4) is 0 Å². The summed E-state index contributed by atoms with van der Waals surface area (Å²) in [6.45, 7) is 5.14. The van der Waals surface area contributed by atoms with Crippen molar-refractivity contribution in [1.82, 2.24) is 10.2 Å². The molecule has 2 rings (SSSR count). The van der Waals surface area contributed by atoms with Crippen LogP contribution >= 0.6 is 0 Å². The molecular weight excluding hydrogens is 298 g/mol. The Hall–Kier alpha value is -1.39. The van der Waals surface area contributed by atoms with Crippen LogP contribution in [0.1, 0.15) is 63.5 Å². The van der Waals surface area contributed by atoms with Crippen LogP contribution in [-0.4, -0.2) is 36.5 Å². The summed E-state index contributed by atoms with van der Waals surface area (Å²) >= 11 is 0. The fourth-order valence-corrected chi connectivity index (χ4v) is 3.46. The average Bonchev–Trinajstić information content (AvgIpc) is 2.62. The largest absolute Gasteiger partial charge is 0.353 e. The van der Waals surface area contributed by atoms with E-state index in [1.54, 1.807) is 0 Å². The number of nitrogens with two attached hydrogens (primary N) is 1. The van der Waals surface area contributed by atoms with Gasteiger partial charge in [-0.25, -0.2) is 0 Å². The first-order chi connectivity index (χ1) is 11.7. The summed E-state index contributed by atoms with van der Waals surface area (Å²) in [6, 6.07) is 11.5. The highest BCUT2D eigenvalue weighted by Crippen LogP contribution is 2.24. The number of hydrogen-bond acceptors (Lipinski definition) is 3. The van der Waals surface area contributed by atoms with Gasteiger partial charge in [0.05, 0.1) is 0 Å². The zero-order valence-electron chi connectivity index (χ0n) is 15.0. The minimum atomic E-state index is 0.220. The molecule has 1 saturated heterocycles. The zero-order chi connectivity index (χ0) is 17.2. The molecule has 0 aliphatic carbocycles. The molecule has 134 valence electrons. The van der Waals surface area contributed by atoms with Crippen molar-refractivity contribution in [2.24, 2.45) is 5.73 Å². The first-order valence-electron chi connectivity index (χ1n) is 9.49. The number of rotatable bonds is 9. The van der Waals surface area contributed by atoms with Crippen molar-refractivity contribution < 1.29 is 4.79 Å². The smallest absolute Gasteiger partial charge is 0.220 e. The van der Waals surface area contributed by atoms with Gasteiger partial charge in [-0.05, 0) is 44.7 Å². The van der Waals surface area contributed by atoms with Gasteiger partial charge in [-0.2, -0.15) is 0 Å². The van der Waals surface area contributed by atoms with E-state index in [0.717, 1.165) is 58.2 Å². The number of benzene rings is 1. The standard InChI is InChI=1S/C20H33N3O/c1-17(18-9-5-4-6-10-18)23-15-12-19(13-16-23)22-20(24)11-7-2-3-8-14-21/h4-6,9-10,17,19H,2-3,7-8,11-16,21H2,1H3,(H,22,24). The van der Waals surface area contributed by atoms with E-state index in [1.165, 1.54) is 5.56 Å². The highest BCUT2D eigenvalue weighted by atomic mass is 16.1. The molecular formula is C20H33N3O. The predicted molar refractivity (Wildman–Crippen MR) is 99.7 cm³/mol. The summed E-state index contributed by atoms with van der Waals surface area (Å²) in [5.74, 6) is 0.220. The quantitative estimate of drug-likeness (QED) is 0.683. The minimum absolute atomic E-state index is 0.220. The van der Waals surface area contributed by atoms with Crippen LogP contribution in [0.5, 0.6) is 0 Å². The van der Waals surface area contributed by atoms with Crippen LogP contribution in [0, 0.1) is 0 Å². The number of carbonyl (C=O) groups excluding carboxylic acids is 1. The lowest BCUT2D eigenvalue weighted by atomic mass is 10.00. The van der Waals surface area contributed by atoms with Gasteiger partial charge >= 0.3 is 0 Å². The molecule has 1 amide bonds. The molecule has 1 atom stereocenters. The first kappa shape index (κ1) is 18.9. The van der Waals surface area contributed by atoms with Crippen LogP contribution < -0.4 is 11.1 Å². The third-order valence-electron chi connectivity index (χ3n) is 5.08. The van der Waals surface area contributed by atoms with Crippen LogP contribution in [-0.2, 0) is 4.79 Å². The number of carbonyl (C=O) groups is 1. The molecule has 0 spiro atoms. The summed E-state index contributed by atoms with van der Waals surface area (Å²) < 4.78 is 0. The van der Waals surface area contributed by atoms with E-state index in [2.05, 4.69) is 47.5 Å². The summed E-state index contributed by atoms with van der Waals surface area (Å²) in [4.78, 5) is 14.6. The molecule has 4 heteroatoms. The van der Waals surface area contributed by atoms with E-state index < -0.39 is 0 Å². The molecule has 0 saturated carbocycles. The number of unbranched alkanes of at least 4 members (excludes halogenated alkanes) is 3. The van der Waals surface area contributed by atoms with Crippen molar-refractivity contribution in [3.63, 3.8) is 0 Å². The third-order valence-corrected chi connectivity index (χ3v) is 5.08. The topological polar surface area (TPSA) is 58.4 Å². The van der Waals surface area contributed by atoms with Crippen LogP contribution in [0.4, 0.5) is 0 Å². The Labute approximate surface area is 146 Å². The van der Waals surface area contributed by atoms with Crippen molar-refractivity contribution in [3.8, 4) is 0 Å².